The second-order valence-corrected chi connectivity index (χ2v) is 20.4. The highest BCUT2D eigenvalue weighted by atomic mass is 16.6. The molecule has 21 nitrogen and oxygen atoms in total. The van der Waals surface area contributed by atoms with Gasteiger partial charge in [0.1, 0.15) is 53.1 Å². The van der Waals surface area contributed by atoms with Crippen molar-refractivity contribution < 1.29 is 71.6 Å². The van der Waals surface area contributed by atoms with Gasteiger partial charge >= 0.3 is 36.2 Å². The summed E-state index contributed by atoms with van der Waals surface area (Å²) in [6.45, 7) is 37.7. The fraction of sp³-hybridized carbons (Fsp3) is 0.812. The van der Waals surface area contributed by atoms with Gasteiger partial charge in [-0.25, -0.2) is 28.8 Å². The second-order valence-electron chi connectivity index (χ2n) is 20.4. The molecule has 6 amide bonds. The largest absolute Gasteiger partial charge is 0.464 e. The maximum atomic E-state index is 12.3. The monoisotopic (exact) mass is 991 g/mol. The minimum absolute atomic E-state index is 0.179. The van der Waals surface area contributed by atoms with Gasteiger partial charge < -0.3 is 60.3 Å². The highest BCUT2D eigenvalue weighted by molar-refractivity contribution is 5.91. The smallest absolute Gasteiger partial charge is 0.408 e. The SMILES string of the molecule is CCOC(=O)[C@H](C)NC(=O)[C@H](CC(C)C)NC(=O)OC(C)(C)C.CCOC(=O)[C@H](C)NC(=O)[C@H](CC(C)C)NC(=O)OC(C)(C)C.CCOC(=O)[C@H](C)NC(=O)[C@H](CC(C)C)NC(=O)OC(C)(C)C. The van der Waals surface area contributed by atoms with Crippen LogP contribution < -0.4 is 31.9 Å². The van der Waals surface area contributed by atoms with Gasteiger partial charge in [-0.05, 0) is 141 Å². The first-order chi connectivity index (χ1) is 31.4. The summed E-state index contributed by atoms with van der Waals surface area (Å²) in [5, 5.41) is 15.3. The van der Waals surface area contributed by atoms with Gasteiger partial charge in [-0.3, -0.25) is 14.4 Å². The Morgan fingerprint density at radius 1 is 0.348 bits per heavy atom. The Hall–Kier alpha value is -5.37. The van der Waals surface area contributed by atoms with Crippen LogP contribution in [0.15, 0.2) is 0 Å². The van der Waals surface area contributed by atoms with Crippen LogP contribution >= 0.6 is 0 Å². The van der Waals surface area contributed by atoms with Gasteiger partial charge in [0, 0.05) is 0 Å². The predicted octanol–water partition coefficient (Wildman–Crippen LogP) is 5.98. The lowest BCUT2D eigenvalue weighted by Crippen LogP contribution is -2.52. The Kier molecular flexibility index (Phi) is 32.7. The highest BCUT2D eigenvalue weighted by Gasteiger charge is 2.31. The van der Waals surface area contributed by atoms with Crippen LogP contribution in [0.4, 0.5) is 14.4 Å². The summed E-state index contributed by atoms with van der Waals surface area (Å²) in [4.78, 5) is 107. The van der Waals surface area contributed by atoms with Crippen molar-refractivity contribution >= 4 is 53.9 Å². The van der Waals surface area contributed by atoms with Crippen LogP contribution in [0.3, 0.4) is 0 Å². The molecule has 21 heteroatoms. The topological polar surface area (TPSA) is 281 Å². The van der Waals surface area contributed by atoms with E-state index < -0.39 is 107 Å². The zero-order chi connectivity index (χ0) is 54.6. The summed E-state index contributed by atoms with van der Waals surface area (Å²) in [6, 6.07) is -4.67. The minimum Gasteiger partial charge on any atom is -0.464 e. The number of carbonyl (C=O) groups excluding carboxylic acids is 9. The number of nitrogens with one attached hydrogen (secondary N) is 6. The van der Waals surface area contributed by atoms with E-state index in [1.807, 2.05) is 41.5 Å². The Labute approximate surface area is 411 Å². The van der Waals surface area contributed by atoms with E-state index in [0.717, 1.165) is 0 Å². The molecule has 0 bridgehead atoms. The Balaban J connectivity index is -0.000000947. The van der Waals surface area contributed by atoms with Gasteiger partial charge in [0.25, 0.3) is 0 Å². The number of ether oxygens (including phenoxy) is 6. The second kappa shape index (κ2) is 33.2. The predicted molar refractivity (Wildman–Crippen MR) is 261 cm³/mol. The van der Waals surface area contributed by atoms with E-state index in [1.54, 1.807) is 83.1 Å². The van der Waals surface area contributed by atoms with Crippen molar-refractivity contribution in [3.05, 3.63) is 0 Å². The quantitative estimate of drug-likeness (QED) is 0.0570. The number of carbonyl (C=O) groups is 9. The molecule has 0 fully saturated rings. The minimum atomic E-state index is -0.780. The fourth-order valence-electron chi connectivity index (χ4n) is 5.38. The molecule has 0 spiro atoms. The molecular formula is C48H90N6O15. The van der Waals surface area contributed by atoms with Crippen LogP contribution in [0, 0.1) is 17.8 Å². The standard InChI is InChI=1S/3C16H30N2O5/c3*1-8-22-14(20)11(4)17-13(19)12(9-10(2)3)18-15(21)23-16(5,6)7/h3*10-12H,8-9H2,1-7H3,(H,17,19)(H,18,21)/t3*11-,12-/m000/s1. The molecule has 0 aliphatic rings. The molecule has 0 saturated heterocycles. The van der Waals surface area contributed by atoms with Gasteiger partial charge in [-0.2, -0.15) is 0 Å². The third kappa shape index (κ3) is 37.2. The highest BCUT2D eigenvalue weighted by Crippen LogP contribution is 2.13. The van der Waals surface area contributed by atoms with Crippen molar-refractivity contribution in [2.45, 2.75) is 218 Å². The van der Waals surface area contributed by atoms with Crippen LogP contribution in [-0.2, 0) is 57.2 Å². The molecule has 0 aliphatic carbocycles. The van der Waals surface area contributed by atoms with E-state index in [2.05, 4.69) is 31.9 Å². The normalized spacial score (nSPS) is 13.9. The van der Waals surface area contributed by atoms with Crippen molar-refractivity contribution in [2.24, 2.45) is 17.8 Å². The molecule has 69 heavy (non-hydrogen) atoms. The van der Waals surface area contributed by atoms with E-state index in [0.29, 0.717) is 19.3 Å². The zero-order valence-corrected chi connectivity index (χ0v) is 45.6. The molecule has 0 aromatic heterocycles. The van der Waals surface area contributed by atoms with Crippen LogP contribution in [-0.4, -0.2) is 127 Å². The third-order valence-corrected chi connectivity index (χ3v) is 8.14. The average Bonchev–Trinajstić information content (AvgIpc) is 3.15. The van der Waals surface area contributed by atoms with Crippen molar-refractivity contribution in [1.29, 1.82) is 0 Å². The first-order valence-corrected chi connectivity index (χ1v) is 23.8. The maximum Gasteiger partial charge on any atom is 0.408 e. The van der Waals surface area contributed by atoms with Gasteiger partial charge in [0.2, 0.25) is 17.7 Å². The number of rotatable bonds is 21. The van der Waals surface area contributed by atoms with Crippen LogP contribution in [0.5, 0.6) is 0 Å². The molecule has 0 heterocycles. The lowest BCUT2D eigenvalue weighted by molar-refractivity contribution is -0.147. The molecule has 402 valence electrons. The molecule has 6 N–H and O–H groups in total. The number of hydrogen-bond acceptors (Lipinski definition) is 15. The summed E-state index contributed by atoms with van der Waals surface area (Å²) in [6.07, 6.45) is -0.701. The van der Waals surface area contributed by atoms with Crippen molar-refractivity contribution in [1.82, 2.24) is 31.9 Å². The van der Waals surface area contributed by atoms with Crippen LogP contribution in [0.2, 0.25) is 0 Å². The van der Waals surface area contributed by atoms with Gasteiger partial charge in [0.05, 0.1) is 19.8 Å². The lowest BCUT2D eigenvalue weighted by atomic mass is 10.0. The molecular weight excluding hydrogens is 901 g/mol. The van der Waals surface area contributed by atoms with Crippen LogP contribution in [0.25, 0.3) is 0 Å². The summed E-state index contributed by atoms with van der Waals surface area (Å²) < 4.78 is 30.0. The van der Waals surface area contributed by atoms with E-state index in [4.69, 9.17) is 28.4 Å². The molecule has 0 aromatic carbocycles. The number of hydrogen-bond donors (Lipinski definition) is 6. The van der Waals surface area contributed by atoms with E-state index >= 15 is 0 Å². The molecule has 0 unspecified atom stereocenters. The summed E-state index contributed by atoms with van der Waals surface area (Å²) in [7, 11) is 0. The maximum absolute atomic E-state index is 12.3. The Morgan fingerprint density at radius 3 is 0.681 bits per heavy atom. The average molecular weight is 991 g/mol. The van der Waals surface area contributed by atoms with Crippen molar-refractivity contribution in [2.75, 3.05) is 19.8 Å². The third-order valence-electron chi connectivity index (χ3n) is 8.14. The fourth-order valence-corrected chi connectivity index (χ4v) is 5.38. The van der Waals surface area contributed by atoms with Crippen molar-refractivity contribution in [3.63, 3.8) is 0 Å². The van der Waals surface area contributed by atoms with Gasteiger partial charge in [-0.1, -0.05) is 41.5 Å². The van der Waals surface area contributed by atoms with Gasteiger partial charge in [0.15, 0.2) is 0 Å². The number of esters is 3. The number of alkyl carbamates (subject to hydrolysis) is 3. The van der Waals surface area contributed by atoms with Gasteiger partial charge in [-0.15, -0.1) is 0 Å². The summed E-state index contributed by atoms with van der Waals surface area (Å²) in [5.41, 5.74) is -1.95. The Morgan fingerprint density at radius 2 is 0.536 bits per heavy atom. The van der Waals surface area contributed by atoms with Crippen LogP contribution in [0.1, 0.15) is 165 Å². The summed E-state index contributed by atoms with van der Waals surface area (Å²) >= 11 is 0. The van der Waals surface area contributed by atoms with E-state index in [1.165, 1.54) is 20.8 Å². The zero-order valence-electron chi connectivity index (χ0n) is 45.6. The molecule has 0 radical (unpaired) electrons. The first-order valence-electron chi connectivity index (χ1n) is 23.8. The van der Waals surface area contributed by atoms with E-state index in [-0.39, 0.29) is 37.6 Å². The molecule has 0 aliphatic heterocycles. The molecule has 0 rings (SSSR count). The Bertz CT molecular complexity index is 1430. The first kappa shape index (κ1) is 67.9. The van der Waals surface area contributed by atoms with Crippen molar-refractivity contribution in [3.8, 4) is 0 Å². The number of amides is 6. The molecule has 0 saturated carbocycles. The lowest BCUT2D eigenvalue weighted by Gasteiger charge is -2.25. The molecule has 6 atom stereocenters. The summed E-state index contributed by atoms with van der Waals surface area (Å²) in [5.74, 6) is -2.32. The van der Waals surface area contributed by atoms with E-state index in [9.17, 15) is 43.2 Å². The molecule has 0 aromatic rings.